The fourth-order valence-electron chi connectivity index (χ4n) is 3.35. The monoisotopic (exact) mass is 401 g/mol. The molecule has 0 spiro atoms. The number of carbonyl (C=O) groups excluding carboxylic acids is 3. The zero-order chi connectivity index (χ0) is 21.2. The molecule has 1 fully saturated rings. The van der Waals surface area contributed by atoms with Crippen LogP contribution in [0.4, 0.5) is 13.6 Å². The average Bonchev–Trinajstić information content (AvgIpc) is 2.95. The first-order valence-electron chi connectivity index (χ1n) is 9.15. The zero-order valence-corrected chi connectivity index (χ0v) is 16.1. The Morgan fingerprint density at radius 3 is 2.14 bits per heavy atom. The van der Waals surface area contributed by atoms with E-state index < -0.39 is 35.7 Å². The quantitative estimate of drug-likeness (QED) is 0.757. The molecule has 29 heavy (non-hydrogen) atoms. The Morgan fingerprint density at radius 1 is 1.03 bits per heavy atom. The standard InChI is InChI=1S/C21H21F2N3O3/c1-3-21(15-6-10-17(23)11-7-15)19(28)26(20(29)24-21)13-18(27)25(2)12-14-4-8-16(22)9-5-14/h4-11H,3,12-13H2,1-2H3,(H,24,29). The van der Waals surface area contributed by atoms with E-state index in [-0.39, 0.29) is 18.8 Å². The Balaban J connectivity index is 1.74. The Morgan fingerprint density at radius 2 is 1.59 bits per heavy atom. The Kier molecular flexibility index (Phi) is 5.63. The molecule has 0 radical (unpaired) electrons. The summed E-state index contributed by atoms with van der Waals surface area (Å²) in [6.45, 7) is 1.51. The second-order valence-corrected chi connectivity index (χ2v) is 6.96. The molecule has 1 unspecified atom stereocenters. The first-order chi connectivity index (χ1) is 13.8. The fourth-order valence-corrected chi connectivity index (χ4v) is 3.35. The lowest BCUT2D eigenvalue weighted by Gasteiger charge is -2.26. The SMILES string of the molecule is CCC1(c2ccc(F)cc2)NC(=O)N(CC(=O)N(C)Cc2ccc(F)cc2)C1=O. The van der Waals surface area contributed by atoms with Crippen molar-refractivity contribution in [2.24, 2.45) is 0 Å². The summed E-state index contributed by atoms with van der Waals surface area (Å²) in [7, 11) is 1.54. The molecule has 0 aliphatic carbocycles. The number of urea groups is 1. The Bertz CT molecular complexity index is 931. The summed E-state index contributed by atoms with van der Waals surface area (Å²) in [5.74, 6) is -1.83. The van der Waals surface area contributed by atoms with Crippen LogP contribution in [0.15, 0.2) is 48.5 Å². The van der Waals surface area contributed by atoms with Crippen molar-refractivity contribution in [1.82, 2.24) is 15.1 Å². The molecule has 0 saturated carbocycles. The van der Waals surface area contributed by atoms with Crippen LogP contribution >= 0.6 is 0 Å². The highest BCUT2D eigenvalue weighted by Crippen LogP contribution is 2.32. The van der Waals surface area contributed by atoms with Gasteiger partial charge in [0.1, 0.15) is 23.7 Å². The van der Waals surface area contributed by atoms with Crippen molar-refractivity contribution < 1.29 is 23.2 Å². The smallest absolute Gasteiger partial charge is 0.325 e. The molecule has 1 aliphatic heterocycles. The van der Waals surface area contributed by atoms with Crippen molar-refractivity contribution in [3.8, 4) is 0 Å². The molecule has 3 rings (SSSR count). The van der Waals surface area contributed by atoms with E-state index >= 15 is 0 Å². The van der Waals surface area contributed by atoms with Crippen LogP contribution in [0.25, 0.3) is 0 Å². The van der Waals surface area contributed by atoms with Gasteiger partial charge in [-0.15, -0.1) is 0 Å². The zero-order valence-electron chi connectivity index (χ0n) is 16.1. The maximum atomic E-state index is 13.3. The lowest BCUT2D eigenvalue weighted by atomic mass is 9.87. The first kappa shape index (κ1) is 20.4. The summed E-state index contributed by atoms with van der Waals surface area (Å²) in [6.07, 6.45) is 0.249. The Hall–Kier alpha value is -3.29. The van der Waals surface area contributed by atoms with Gasteiger partial charge >= 0.3 is 6.03 Å². The predicted molar refractivity (Wildman–Crippen MR) is 101 cm³/mol. The van der Waals surface area contributed by atoms with Gasteiger partial charge in [0, 0.05) is 13.6 Å². The van der Waals surface area contributed by atoms with E-state index in [1.807, 2.05) is 0 Å². The predicted octanol–water partition coefficient (Wildman–Crippen LogP) is 2.78. The second-order valence-electron chi connectivity index (χ2n) is 6.96. The number of nitrogens with one attached hydrogen (secondary N) is 1. The summed E-state index contributed by atoms with van der Waals surface area (Å²) < 4.78 is 26.3. The number of halogens is 2. The minimum Gasteiger partial charge on any atom is -0.340 e. The molecule has 0 aromatic heterocycles. The van der Waals surface area contributed by atoms with E-state index in [0.29, 0.717) is 11.1 Å². The number of benzene rings is 2. The molecule has 4 amide bonds. The van der Waals surface area contributed by atoms with E-state index in [4.69, 9.17) is 0 Å². The molecule has 6 nitrogen and oxygen atoms in total. The summed E-state index contributed by atoms with van der Waals surface area (Å²) in [5.41, 5.74) is -0.163. The third-order valence-electron chi connectivity index (χ3n) is 5.10. The molecule has 1 aliphatic rings. The molecule has 8 heteroatoms. The van der Waals surface area contributed by atoms with Gasteiger partial charge in [-0.05, 0) is 41.8 Å². The normalized spacial score (nSPS) is 18.7. The average molecular weight is 401 g/mol. The van der Waals surface area contributed by atoms with Gasteiger partial charge in [0.2, 0.25) is 5.91 Å². The number of hydrogen-bond acceptors (Lipinski definition) is 3. The minimum atomic E-state index is -1.33. The number of likely N-dealkylation sites (N-methyl/N-ethyl adjacent to an activating group) is 1. The van der Waals surface area contributed by atoms with Crippen LogP contribution in [0.5, 0.6) is 0 Å². The van der Waals surface area contributed by atoms with E-state index in [1.165, 1.54) is 48.3 Å². The molecule has 152 valence electrons. The van der Waals surface area contributed by atoms with Crippen LogP contribution in [0.2, 0.25) is 0 Å². The molecule has 2 aromatic rings. The van der Waals surface area contributed by atoms with Gasteiger partial charge in [0.25, 0.3) is 5.91 Å². The van der Waals surface area contributed by atoms with Crippen molar-refractivity contribution in [2.45, 2.75) is 25.4 Å². The number of rotatable bonds is 6. The van der Waals surface area contributed by atoms with Crippen molar-refractivity contribution in [3.63, 3.8) is 0 Å². The highest BCUT2D eigenvalue weighted by Gasteiger charge is 2.51. The van der Waals surface area contributed by atoms with Gasteiger partial charge < -0.3 is 10.2 Å². The van der Waals surface area contributed by atoms with E-state index in [0.717, 1.165) is 4.90 Å². The van der Waals surface area contributed by atoms with Crippen LogP contribution in [0.3, 0.4) is 0 Å². The summed E-state index contributed by atoms with van der Waals surface area (Å²) >= 11 is 0. The third-order valence-corrected chi connectivity index (χ3v) is 5.10. The fraction of sp³-hybridized carbons (Fsp3) is 0.286. The number of hydrogen-bond donors (Lipinski definition) is 1. The van der Waals surface area contributed by atoms with Crippen LogP contribution < -0.4 is 5.32 Å². The first-order valence-corrected chi connectivity index (χ1v) is 9.15. The number of carbonyl (C=O) groups is 3. The van der Waals surface area contributed by atoms with Crippen molar-refractivity contribution in [3.05, 3.63) is 71.3 Å². The highest BCUT2D eigenvalue weighted by molar-refractivity contribution is 6.09. The topological polar surface area (TPSA) is 69.7 Å². The minimum absolute atomic E-state index is 0.208. The molecule has 1 saturated heterocycles. The number of amides is 4. The molecule has 0 bridgehead atoms. The maximum Gasteiger partial charge on any atom is 0.325 e. The lowest BCUT2D eigenvalue weighted by Crippen LogP contribution is -2.45. The molecular weight excluding hydrogens is 380 g/mol. The molecule has 1 N–H and O–H groups in total. The van der Waals surface area contributed by atoms with Gasteiger partial charge in [-0.1, -0.05) is 31.2 Å². The van der Waals surface area contributed by atoms with E-state index in [9.17, 15) is 23.2 Å². The van der Waals surface area contributed by atoms with Crippen molar-refractivity contribution >= 4 is 17.8 Å². The van der Waals surface area contributed by atoms with Crippen LogP contribution in [-0.2, 0) is 21.7 Å². The highest BCUT2D eigenvalue weighted by atomic mass is 19.1. The van der Waals surface area contributed by atoms with Gasteiger partial charge in [-0.3, -0.25) is 14.5 Å². The van der Waals surface area contributed by atoms with Crippen LogP contribution in [-0.4, -0.2) is 41.2 Å². The van der Waals surface area contributed by atoms with Crippen LogP contribution in [0.1, 0.15) is 24.5 Å². The molecular formula is C21H21F2N3O3. The van der Waals surface area contributed by atoms with Crippen molar-refractivity contribution in [1.29, 1.82) is 0 Å². The van der Waals surface area contributed by atoms with Gasteiger partial charge in [0.15, 0.2) is 0 Å². The molecule has 1 heterocycles. The van der Waals surface area contributed by atoms with E-state index in [1.54, 1.807) is 19.1 Å². The summed E-state index contributed by atoms with van der Waals surface area (Å²) in [6, 6.07) is 10.4. The molecule has 2 aromatic carbocycles. The van der Waals surface area contributed by atoms with Crippen molar-refractivity contribution in [2.75, 3.05) is 13.6 Å². The third kappa shape index (κ3) is 3.96. The van der Waals surface area contributed by atoms with Gasteiger partial charge in [-0.2, -0.15) is 0 Å². The van der Waals surface area contributed by atoms with Gasteiger partial charge in [0.05, 0.1) is 0 Å². The largest absolute Gasteiger partial charge is 0.340 e. The number of imide groups is 1. The number of nitrogens with zero attached hydrogens (tertiary/aromatic N) is 2. The lowest BCUT2D eigenvalue weighted by molar-refractivity contribution is -0.138. The van der Waals surface area contributed by atoms with Gasteiger partial charge in [-0.25, -0.2) is 13.6 Å². The molecule has 1 atom stereocenters. The van der Waals surface area contributed by atoms with E-state index in [2.05, 4.69) is 5.32 Å². The van der Waals surface area contributed by atoms with Crippen LogP contribution in [0, 0.1) is 11.6 Å². The maximum absolute atomic E-state index is 13.3. The second kappa shape index (κ2) is 7.98. The summed E-state index contributed by atoms with van der Waals surface area (Å²) in [5, 5.41) is 2.66. The Labute approximate surface area is 167 Å². The summed E-state index contributed by atoms with van der Waals surface area (Å²) in [4.78, 5) is 40.3.